The van der Waals surface area contributed by atoms with Gasteiger partial charge in [-0.25, -0.2) is 0 Å². The first-order valence-electron chi connectivity index (χ1n) is 6.49. The van der Waals surface area contributed by atoms with Crippen LogP contribution in [0.2, 0.25) is 0 Å². The molecule has 1 atom stereocenters. The quantitative estimate of drug-likeness (QED) is 0.814. The molecule has 0 radical (unpaired) electrons. The molecule has 0 bridgehead atoms. The first-order chi connectivity index (χ1) is 9.07. The molecule has 0 saturated carbocycles. The van der Waals surface area contributed by atoms with E-state index in [1.807, 2.05) is 6.92 Å². The van der Waals surface area contributed by atoms with Crippen LogP contribution in [0.4, 0.5) is 0 Å². The maximum absolute atomic E-state index is 12.2. The smallest absolute Gasteiger partial charge is 0.246 e. The minimum atomic E-state index is -0.578. The van der Waals surface area contributed by atoms with E-state index in [-0.39, 0.29) is 18.4 Å². The Morgan fingerprint density at radius 2 is 2.05 bits per heavy atom. The Bertz CT molecular complexity index is 459. The van der Waals surface area contributed by atoms with Gasteiger partial charge >= 0.3 is 0 Å². The predicted octanol–water partition coefficient (Wildman–Crippen LogP) is -0.218. The zero-order valence-corrected chi connectivity index (χ0v) is 11.1. The van der Waals surface area contributed by atoms with Crippen molar-refractivity contribution in [2.75, 3.05) is 13.1 Å². The van der Waals surface area contributed by atoms with Gasteiger partial charge in [0.05, 0.1) is 17.8 Å². The van der Waals surface area contributed by atoms with Crippen LogP contribution in [-0.4, -0.2) is 44.8 Å². The SMILES string of the molecule is CC[C@@]1(C(N)=O)CCCN(C(=O)Cn2nccn2)C1. The van der Waals surface area contributed by atoms with Crippen LogP contribution < -0.4 is 5.73 Å². The molecule has 2 rings (SSSR count). The monoisotopic (exact) mass is 265 g/mol. The van der Waals surface area contributed by atoms with Gasteiger partial charge in [0.25, 0.3) is 0 Å². The number of rotatable bonds is 4. The second-order valence-electron chi connectivity index (χ2n) is 4.98. The third kappa shape index (κ3) is 2.74. The van der Waals surface area contributed by atoms with Crippen molar-refractivity contribution in [3.63, 3.8) is 0 Å². The number of hydrogen-bond acceptors (Lipinski definition) is 4. The van der Waals surface area contributed by atoms with E-state index in [4.69, 9.17) is 5.73 Å². The Morgan fingerprint density at radius 1 is 1.37 bits per heavy atom. The van der Waals surface area contributed by atoms with E-state index in [0.29, 0.717) is 19.5 Å². The third-order valence-electron chi connectivity index (χ3n) is 3.87. The number of carbonyl (C=O) groups excluding carboxylic acids is 2. The summed E-state index contributed by atoms with van der Waals surface area (Å²) in [6.07, 6.45) is 5.27. The molecule has 0 aliphatic carbocycles. The number of nitrogens with zero attached hydrogens (tertiary/aromatic N) is 4. The lowest BCUT2D eigenvalue weighted by atomic mass is 9.77. The van der Waals surface area contributed by atoms with Gasteiger partial charge in [-0.3, -0.25) is 9.59 Å². The van der Waals surface area contributed by atoms with Crippen LogP contribution in [0.25, 0.3) is 0 Å². The van der Waals surface area contributed by atoms with Crippen molar-refractivity contribution in [1.82, 2.24) is 19.9 Å². The van der Waals surface area contributed by atoms with Crippen LogP contribution in [0.15, 0.2) is 12.4 Å². The molecule has 1 aliphatic rings. The number of likely N-dealkylation sites (tertiary alicyclic amines) is 1. The Kier molecular flexibility index (Phi) is 3.82. The van der Waals surface area contributed by atoms with Crippen molar-refractivity contribution in [3.8, 4) is 0 Å². The Balaban J connectivity index is 2.04. The second-order valence-corrected chi connectivity index (χ2v) is 4.98. The molecular formula is C12H19N5O2. The van der Waals surface area contributed by atoms with Gasteiger partial charge in [-0.05, 0) is 19.3 Å². The van der Waals surface area contributed by atoms with Crippen molar-refractivity contribution in [1.29, 1.82) is 0 Å². The first-order valence-corrected chi connectivity index (χ1v) is 6.49. The lowest BCUT2D eigenvalue weighted by molar-refractivity contribution is -0.140. The summed E-state index contributed by atoms with van der Waals surface area (Å²) >= 11 is 0. The normalized spacial score (nSPS) is 23.3. The molecule has 7 nitrogen and oxygen atoms in total. The molecule has 1 saturated heterocycles. The van der Waals surface area contributed by atoms with E-state index in [2.05, 4.69) is 10.2 Å². The van der Waals surface area contributed by atoms with Crippen LogP contribution in [0.5, 0.6) is 0 Å². The molecule has 2 N–H and O–H groups in total. The molecule has 2 heterocycles. The van der Waals surface area contributed by atoms with E-state index in [1.165, 1.54) is 17.2 Å². The van der Waals surface area contributed by atoms with Gasteiger partial charge in [0, 0.05) is 13.1 Å². The topological polar surface area (TPSA) is 94.1 Å². The largest absolute Gasteiger partial charge is 0.369 e. The fourth-order valence-electron chi connectivity index (χ4n) is 2.55. The van der Waals surface area contributed by atoms with E-state index in [9.17, 15) is 9.59 Å². The summed E-state index contributed by atoms with van der Waals surface area (Å²) in [6.45, 7) is 3.10. The summed E-state index contributed by atoms with van der Waals surface area (Å²) in [5.74, 6) is -0.389. The molecule has 1 aliphatic heterocycles. The van der Waals surface area contributed by atoms with Crippen molar-refractivity contribution in [3.05, 3.63) is 12.4 Å². The van der Waals surface area contributed by atoms with Gasteiger partial charge in [0.15, 0.2) is 0 Å². The van der Waals surface area contributed by atoms with E-state index >= 15 is 0 Å². The van der Waals surface area contributed by atoms with Gasteiger partial charge in [-0.1, -0.05) is 6.92 Å². The molecule has 1 aromatic heterocycles. The van der Waals surface area contributed by atoms with Gasteiger partial charge < -0.3 is 10.6 Å². The molecular weight excluding hydrogens is 246 g/mol. The molecule has 1 aromatic rings. The minimum absolute atomic E-state index is 0.0741. The average molecular weight is 265 g/mol. The number of aromatic nitrogens is 3. The molecule has 0 spiro atoms. The van der Waals surface area contributed by atoms with Crippen molar-refractivity contribution >= 4 is 11.8 Å². The highest BCUT2D eigenvalue weighted by Crippen LogP contribution is 2.33. The summed E-state index contributed by atoms with van der Waals surface area (Å²) in [5, 5.41) is 7.82. The lowest BCUT2D eigenvalue weighted by Gasteiger charge is -2.40. The summed E-state index contributed by atoms with van der Waals surface area (Å²) in [7, 11) is 0. The first kappa shape index (κ1) is 13.5. The fraction of sp³-hybridized carbons (Fsp3) is 0.667. The summed E-state index contributed by atoms with van der Waals surface area (Å²) in [6, 6.07) is 0. The van der Waals surface area contributed by atoms with Crippen LogP contribution in [0.1, 0.15) is 26.2 Å². The molecule has 104 valence electrons. The second kappa shape index (κ2) is 5.38. The number of piperidine rings is 1. The average Bonchev–Trinajstić information content (AvgIpc) is 2.91. The Hall–Kier alpha value is -1.92. The fourth-order valence-corrected chi connectivity index (χ4v) is 2.55. The van der Waals surface area contributed by atoms with Crippen LogP contribution in [0, 0.1) is 5.41 Å². The molecule has 0 aromatic carbocycles. The van der Waals surface area contributed by atoms with Crippen molar-refractivity contribution < 1.29 is 9.59 Å². The number of primary amides is 1. The number of carbonyl (C=O) groups is 2. The standard InChI is InChI=1S/C12H19N5O2/c1-2-12(11(13)19)4-3-7-16(9-12)10(18)8-17-14-5-6-15-17/h5-6H,2-4,7-9H2,1H3,(H2,13,19)/t12-/m1/s1. The van der Waals surface area contributed by atoms with Crippen LogP contribution in [-0.2, 0) is 16.1 Å². The summed E-state index contributed by atoms with van der Waals surface area (Å²) in [5.41, 5.74) is 4.93. The van der Waals surface area contributed by atoms with Gasteiger partial charge in [0.1, 0.15) is 6.54 Å². The minimum Gasteiger partial charge on any atom is -0.369 e. The maximum Gasteiger partial charge on any atom is 0.246 e. The zero-order chi connectivity index (χ0) is 13.9. The highest BCUT2D eigenvalue weighted by Gasteiger charge is 2.40. The highest BCUT2D eigenvalue weighted by molar-refractivity contribution is 5.83. The van der Waals surface area contributed by atoms with Crippen LogP contribution in [0.3, 0.4) is 0 Å². The van der Waals surface area contributed by atoms with Gasteiger partial charge in [-0.2, -0.15) is 15.0 Å². The molecule has 1 fully saturated rings. The third-order valence-corrected chi connectivity index (χ3v) is 3.87. The zero-order valence-electron chi connectivity index (χ0n) is 11.1. The van der Waals surface area contributed by atoms with Crippen molar-refractivity contribution in [2.24, 2.45) is 11.1 Å². The predicted molar refractivity (Wildman–Crippen MR) is 67.8 cm³/mol. The number of nitrogens with two attached hydrogens (primary N) is 1. The molecule has 2 amide bonds. The van der Waals surface area contributed by atoms with Gasteiger partial charge in [0.2, 0.25) is 11.8 Å². The molecule has 19 heavy (non-hydrogen) atoms. The Labute approximate surface area is 111 Å². The van der Waals surface area contributed by atoms with Gasteiger partial charge in [-0.15, -0.1) is 0 Å². The van der Waals surface area contributed by atoms with Crippen LogP contribution >= 0.6 is 0 Å². The Morgan fingerprint density at radius 3 is 2.63 bits per heavy atom. The lowest BCUT2D eigenvalue weighted by Crippen LogP contribution is -2.52. The highest BCUT2D eigenvalue weighted by atomic mass is 16.2. The van der Waals surface area contributed by atoms with E-state index < -0.39 is 5.41 Å². The summed E-state index contributed by atoms with van der Waals surface area (Å²) in [4.78, 5) is 26.8. The number of hydrogen-bond donors (Lipinski definition) is 1. The summed E-state index contributed by atoms with van der Waals surface area (Å²) < 4.78 is 0. The molecule has 0 unspecified atom stereocenters. The van der Waals surface area contributed by atoms with E-state index in [0.717, 1.165) is 12.8 Å². The molecule has 7 heteroatoms. The van der Waals surface area contributed by atoms with Crippen molar-refractivity contribution in [2.45, 2.75) is 32.7 Å². The maximum atomic E-state index is 12.2. The van der Waals surface area contributed by atoms with E-state index in [1.54, 1.807) is 4.90 Å². The number of amides is 2.